The van der Waals surface area contributed by atoms with Gasteiger partial charge in [0, 0.05) is 5.56 Å². The summed E-state index contributed by atoms with van der Waals surface area (Å²) in [6.45, 7) is 1.96. The minimum absolute atomic E-state index is 0.250. The molecular weight excluding hydrogens is 251 g/mol. The lowest BCUT2D eigenvalue weighted by atomic mass is 10.0. The summed E-state index contributed by atoms with van der Waals surface area (Å²) < 4.78 is 0. The van der Waals surface area contributed by atoms with Crippen LogP contribution in [0.1, 0.15) is 48.0 Å². The molecule has 1 unspecified atom stereocenters. The van der Waals surface area contributed by atoms with Crippen LogP contribution in [0.15, 0.2) is 18.2 Å². The summed E-state index contributed by atoms with van der Waals surface area (Å²) in [6.07, 6.45) is 6.33. The van der Waals surface area contributed by atoms with Crippen LogP contribution in [0.25, 0.3) is 0 Å². The van der Waals surface area contributed by atoms with Gasteiger partial charge in [-0.3, -0.25) is 4.79 Å². The number of carbonyl (C=O) groups is 1. The zero-order chi connectivity index (χ0) is 12.3. The van der Waals surface area contributed by atoms with Crippen molar-refractivity contribution in [3.05, 3.63) is 34.3 Å². The summed E-state index contributed by atoms with van der Waals surface area (Å²) in [7, 11) is 0.402. The van der Waals surface area contributed by atoms with Crippen molar-refractivity contribution in [2.24, 2.45) is 0 Å². The molecule has 0 amide bonds. The highest BCUT2D eigenvalue weighted by molar-refractivity contribution is 7.59. The summed E-state index contributed by atoms with van der Waals surface area (Å²) in [5.74, 6) is 0. The SMILES string of the molecule is Cc1cccc(Cl)c1C(=O)PC1CCCCC1. The topological polar surface area (TPSA) is 17.1 Å². The van der Waals surface area contributed by atoms with Crippen LogP contribution in [0.5, 0.6) is 0 Å². The van der Waals surface area contributed by atoms with E-state index in [0.717, 1.165) is 11.1 Å². The third kappa shape index (κ3) is 3.30. The van der Waals surface area contributed by atoms with E-state index in [0.29, 0.717) is 19.3 Å². The van der Waals surface area contributed by atoms with Crippen molar-refractivity contribution in [2.75, 3.05) is 0 Å². The number of benzene rings is 1. The van der Waals surface area contributed by atoms with Gasteiger partial charge in [-0.05, 0) is 45.6 Å². The minimum atomic E-state index is 0.250. The van der Waals surface area contributed by atoms with E-state index in [4.69, 9.17) is 11.6 Å². The molecule has 0 heterocycles. The molecule has 1 saturated carbocycles. The minimum Gasteiger partial charge on any atom is -0.289 e. The van der Waals surface area contributed by atoms with E-state index in [2.05, 4.69) is 0 Å². The van der Waals surface area contributed by atoms with Gasteiger partial charge in [0.25, 0.3) is 0 Å². The molecule has 0 bridgehead atoms. The normalized spacial score (nSPS) is 17.8. The fourth-order valence-corrected chi connectivity index (χ4v) is 4.35. The maximum atomic E-state index is 12.3. The summed E-state index contributed by atoms with van der Waals surface area (Å²) in [5.41, 5.74) is 2.61. The van der Waals surface area contributed by atoms with Crippen molar-refractivity contribution in [2.45, 2.75) is 44.7 Å². The molecule has 1 aliphatic carbocycles. The number of rotatable bonds is 3. The second kappa shape index (κ2) is 5.98. The van der Waals surface area contributed by atoms with Gasteiger partial charge in [0.15, 0.2) is 5.52 Å². The van der Waals surface area contributed by atoms with Crippen molar-refractivity contribution in [3.63, 3.8) is 0 Å². The number of hydrogen-bond acceptors (Lipinski definition) is 1. The van der Waals surface area contributed by atoms with E-state index >= 15 is 0 Å². The van der Waals surface area contributed by atoms with Crippen LogP contribution >= 0.6 is 20.2 Å². The van der Waals surface area contributed by atoms with Gasteiger partial charge in [-0.2, -0.15) is 0 Å². The lowest BCUT2D eigenvalue weighted by Crippen LogP contribution is -2.10. The van der Waals surface area contributed by atoms with E-state index in [1.54, 1.807) is 0 Å². The smallest absolute Gasteiger partial charge is 0.183 e. The van der Waals surface area contributed by atoms with E-state index in [1.165, 1.54) is 32.1 Å². The maximum Gasteiger partial charge on any atom is 0.183 e. The predicted octanol–water partition coefficient (Wildman–Crippen LogP) is 4.80. The predicted molar refractivity (Wildman–Crippen MR) is 75.7 cm³/mol. The standard InChI is InChI=1S/C14H18ClOP/c1-10-6-5-9-12(15)13(10)14(16)17-11-7-3-2-4-8-11/h5-6,9,11,17H,2-4,7-8H2,1H3. The highest BCUT2D eigenvalue weighted by atomic mass is 35.5. The molecule has 3 heteroatoms. The molecule has 0 saturated heterocycles. The Morgan fingerprint density at radius 3 is 2.65 bits per heavy atom. The van der Waals surface area contributed by atoms with Crippen molar-refractivity contribution < 1.29 is 4.79 Å². The van der Waals surface area contributed by atoms with E-state index in [9.17, 15) is 4.79 Å². The van der Waals surface area contributed by atoms with Gasteiger partial charge in [-0.1, -0.05) is 43.0 Å². The average Bonchev–Trinajstić information content (AvgIpc) is 2.30. The first-order valence-electron chi connectivity index (χ1n) is 6.24. The lowest BCUT2D eigenvalue weighted by molar-refractivity contribution is 0.108. The second-order valence-corrected chi connectivity index (χ2v) is 6.71. The van der Waals surface area contributed by atoms with Gasteiger partial charge in [0.05, 0.1) is 5.02 Å². The molecule has 1 aromatic carbocycles. The van der Waals surface area contributed by atoms with Crippen molar-refractivity contribution in [1.82, 2.24) is 0 Å². The molecule has 1 atom stereocenters. The maximum absolute atomic E-state index is 12.3. The molecule has 0 aromatic heterocycles. The van der Waals surface area contributed by atoms with E-state index in [1.807, 2.05) is 25.1 Å². The van der Waals surface area contributed by atoms with Gasteiger partial charge in [0.1, 0.15) is 0 Å². The molecule has 1 nitrogen and oxygen atoms in total. The molecule has 2 rings (SSSR count). The highest BCUT2D eigenvalue weighted by Gasteiger charge is 2.20. The Morgan fingerprint density at radius 2 is 2.00 bits per heavy atom. The third-order valence-corrected chi connectivity index (χ3v) is 5.20. The number of carbonyl (C=O) groups excluding carboxylic acids is 1. The van der Waals surface area contributed by atoms with Gasteiger partial charge in [0.2, 0.25) is 0 Å². The Bertz CT molecular complexity index is 390. The Kier molecular flexibility index (Phi) is 4.59. The molecule has 0 aliphatic heterocycles. The van der Waals surface area contributed by atoms with Crippen LogP contribution in [-0.4, -0.2) is 11.2 Å². The molecule has 1 aromatic rings. The van der Waals surface area contributed by atoms with E-state index in [-0.39, 0.29) is 5.52 Å². The molecule has 1 aliphatic rings. The molecule has 17 heavy (non-hydrogen) atoms. The Labute approximate surface area is 110 Å². The molecule has 0 spiro atoms. The highest BCUT2D eigenvalue weighted by Crippen LogP contribution is 2.37. The summed E-state index contributed by atoms with van der Waals surface area (Å²) in [6, 6.07) is 5.68. The summed E-state index contributed by atoms with van der Waals surface area (Å²) in [5, 5.41) is 0.610. The van der Waals surface area contributed by atoms with Gasteiger partial charge >= 0.3 is 0 Å². The van der Waals surface area contributed by atoms with Crippen LogP contribution in [0.3, 0.4) is 0 Å². The Morgan fingerprint density at radius 1 is 1.29 bits per heavy atom. The number of halogens is 1. The van der Waals surface area contributed by atoms with E-state index < -0.39 is 0 Å². The quantitative estimate of drug-likeness (QED) is 0.720. The summed E-state index contributed by atoms with van der Waals surface area (Å²) in [4.78, 5) is 12.3. The molecule has 1 fully saturated rings. The first-order valence-corrected chi connectivity index (χ1v) is 7.70. The fraction of sp³-hybridized carbons (Fsp3) is 0.500. The van der Waals surface area contributed by atoms with Crippen LogP contribution < -0.4 is 0 Å². The third-order valence-electron chi connectivity index (χ3n) is 3.39. The zero-order valence-electron chi connectivity index (χ0n) is 10.1. The Hall–Kier alpha value is -0.390. The van der Waals surface area contributed by atoms with Gasteiger partial charge in [-0.25, -0.2) is 0 Å². The van der Waals surface area contributed by atoms with Crippen molar-refractivity contribution in [1.29, 1.82) is 0 Å². The molecular formula is C14H18ClOP. The Balaban J connectivity index is 2.08. The molecule has 0 N–H and O–H groups in total. The zero-order valence-corrected chi connectivity index (χ0v) is 11.9. The average molecular weight is 269 g/mol. The van der Waals surface area contributed by atoms with Crippen LogP contribution in [0.4, 0.5) is 0 Å². The van der Waals surface area contributed by atoms with Gasteiger partial charge < -0.3 is 0 Å². The molecule has 92 valence electrons. The van der Waals surface area contributed by atoms with Crippen molar-refractivity contribution >= 4 is 25.7 Å². The second-order valence-electron chi connectivity index (χ2n) is 4.74. The first-order chi connectivity index (χ1) is 8.18. The van der Waals surface area contributed by atoms with Crippen LogP contribution in [-0.2, 0) is 0 Å². The molecule has 0 radical (unpaired) electrons. The van der Waals surface area contributed by atoms with Crippen LogP contribution in [0, 0.1) is 6.92 Å². The number of aryl methyl sites for hydroxylation is 1. The fourth-order valence-electron chi connectivity index (χ4n) is 2.42. The lowest BCUT2D eigenvalue weighted by Gasteiger charge is -2.21. The first kappa shape index (κ1) is 13.1. The van der Waals surface area contributed by atoms with Crippen molar-refractivity contribution in [3.8, 4) is 0 Å². The monoisotopic (exact) mass is 268 g/mol. The summed E-state index contributed by atoms with van der Waals surface area (Å²) >= 11 is 6.13. The largest absolute Gasteiger partial charge is 0.289 e. The van der Waals surface area contributed by atoms with Crippen LogP contribution in [0.2, 0.25) is 5.02 Å². The van der Waals surface area contributed by atoms with Gasteiger partial charge in [-0.15, -0.1) is 0 Å². The number of hydrogen-bond donors (Lipinski definition) is 0.